The number of hydrogen-bond donors (Lipinski definition) is 7. The van der Waals surface area contributed by atoms with Crippen molar-refractivity contribution in [2.45, 2.75) is 126 Å². The van der Waals surface area contributed by atoms with Gasteiger partial charge in [0.15, 0.2) is 18.9 Å². The Hall–Kier alpha value is -8.99. The van der Waals surface area contributed by atoms with Crippen molar-refractivity contribution in [2.75, 3.05) is 65.5 Å². The average Bonchev–Trinajstić information content (AvgIpc) is 1.09. The smallest absolute Gasteiger partial charge is 0.427 e. The van der Waals surface area contributed by atoms with E-state index in [0.29, 0.717) is 76.9 Å². The summed E-state index contributed by atoms with van der Waals surface area (Å²) in [6, 6.07) is 17.5. The Bertz CT molecular complexity index is 4260. The molecule has 117 heavy (non-hydrogen) atoms. The molecule has 4 heterocycles. The van der Waals surface area contributed by atoms with E-state index >= 15 is 0 Å². The van der Waals surface area contributed by atoms with Gasteiger partial charge in [-0.25, -0.2) is 33.6 Å². The van der Waals surface area contributed by atoms with Gasteiger partial charge in [0.05, 0.1) is 115 Å². The number of amides is 3. The molecule has 644 valence electrons. The third-order valence-corrected chi connectivity index (χ3v) is 17.6. The van der Waals surface area contributed by atoms with E-state index in [1.54, 1.807) is 10.5 Å². The van der Waals surface area contributed by atoms with Gasteiger partial charge in [-0.15, -0.1) is 24.0 Å². The van der Waals surface area contributed by atoms with Gasteiger partial charge in [0, 0.05) is 33.1 Å². The molecule has 3 saturated heterocycles. The SMILES string of the molecule is CC(=O)N(NO)C(=[NH2+])CN1CCO[C@H](O[C@H](C)c2cc(C(F)(F)F)cc(C(F)(F)F)c2)[C@@H]1c1ccc(F)cc1.COC(=O)N/N=C(/N)CCl.C[C@@H](O[C@H]1OCCN(CC2=NNC(=O)C2)[C@H]1c1ccc(F)cc1)c1cc(C(F)(F)F)cc(C(F)(F)F)c1.C[C@@H](O[C@H]1OCCNC1c1ccc(F)cc1)c1cc(C(F)(F)F)cc(C(F)(F)F)c1.Cl. The Kier molecular flexibility index (Phi) is 34.4. The molecular weight excluding hydrogens is 1660 g/mol. The first kappa shape index (κ1) is 96.8. The summed E-state index contributed by atoms with van der Waals surface area (Å²) in [4.78, 5) is 37.1. The summed E-state index contributed by atoms with van der Waals surface area (Å²) in [5.74, 6) is -2.38. The zero-order valence-electron chi connectivity index (χ0n) is 61.5. The summed E-state index contributed by atoms with van der Waals surface area (Å²) < 4.78 is 318. The monoisotopic (exact) mass is 1740 g/mol. The highest BCUT2D eigenvalue weighted by Crippen LogP contribution is 2.44. The van der Waals surface area contributed by atoms with Crippen LogP contribution in [0.4, 0.5) is 97.0 Å². The molecule has 3 fully saturated rings. The number of amidine groups is 2. The van der Waals surface area contributed by atoms with Crippen LogP contribution in [0.1, 0.15) is 137 Å². The molecule has 4 aliphatic heterocycles. The molecule has 10 rings (SSSR count). The van der Waals surface area contributed by atoms with Gasteiger partial charge in [-0.1, -0.05) is 41.4 Å². The van der Waals surface area contributed by atoms with Gasteiger partial charge >= 0.3 is 49.1 Å². The lowest BCUT2D eigenvalue weighted by Crippen LogP contribution is -2.62. The Labute approximate surface area is 663 Å². The van der Waals surface area contributed by atoms with E-state index in [9.17, 15) is 112 Å². The quantitative estimate of drug-likeness (QED) is 0.0131. The minimum Gasteiger partial charge on any atom is -0.452 e. The highest BCUT2D eigenvalue weighted by molar-refractivity contribution is 6.28. The Balaban J connectivity index is 0.000000258. The molecule has 22 nitrogen and oxygen atoms in total. The van der Waals surface area contributed by atoms with Crippen LogP contribution in [-0.4, -0.2) is 140 Å². The molecule has 6 aromatic rings. The van der Waals surface area contributed by atoms with Crippen LogP contribution < -0.4 is 32.9 Å². The summed E-state index contributed by atoms with van der Waals surface area (Å²) in [6.07, 6.45) is -37.7. The van der Waals surface area contributed by atoms with E-state index in [2.05, 4.69) is 25.7 Å². The number of methoxy groups -OCH3 is 1. The first-order valence-electron chi connectivity index (χ1n) is 34.1. The van der Waals surface area contributed by atoms with Crippen LogP contribution in [0, 0.1) is 17.5 Å². The topological polar surface area (TPSA) is 270 Å². The molecule has 6 aromatic carbocycles. The number of hydrogen-bond acceptors (Lipinski definition) is 17. The maximum atomic E-state index is 13.6. The summed E-state index contributed by atoms with van der Waals surface area (Å²) in [7, 11) is 1.22. The number of rotatable bonds is 19. The lowest BCUT2D eigenvalue weighted by molar-refractivity contribution is -0.230. The number of hydrazine groups is 1. The maximum absolute atomic E-state index is 13.6. The predicted molar refractivity (Wildman–Crippen MR) is 375 cm³/mol. The fourth-order valence-corrected chi connectivity index (χ4v) is 11.7. The molecule has 9 atom stereocenters. The zero-order chi connectivity index (χ0) is 86.2. The van der Waals surface area contributed by atoms with Crippen molar-refractivity contribution < 1.29 is 150 Å². The summed E-state index contributed by atoms with van der Waals surface area (Å²) in [6.45, 7) is 6.46. The molecule has 0 bridgehead atoms. The zero-order valence-corrected chi connectivity index (χ0v) is 63.1. The largest absolute Gasteiger partial charge is 0.452 e. The number of morpholine rings is 3. The third kappa shape index (κ3) is 28.4. The van der Waals surface area contributed by atoms with Crippen LogP contribution in [0.15, 0.2) is 138 Å². The van der Waals surface area contributed by atoms with E-state index in [1.165, 1.54) is 88.5 Å². The molecule has 0 radical (unpaired) electrons. The van der Waals surface area contributed by atoms with Crippen LogP contribution in [0.25, 0.3) is 0 Å². The van der Waals surface area contributed by atoms with Gasteiger partial charge in [-0.2, -0.15) is 89.2 Å². The summed E-state index contributed by atoms with van der Waals surface area (Å²) >= 11 is 5.23. The fourth-order valence-electron chi connectivity index (χ4n) is 11.7. The van der Waals surface area contributed by atoms with Crippen LogP contribution in [-0.2, 0) is 79.8 Å². The minimum atomic E-state index is -5.04. The number of halogens is 23. The van der Waals surface area contributed by atoms with Crippen LogP contribution >= 0.6 is 24.0 Å². The second-order valence-corrected chi connectivity index (χ2v) is 25.9. The molecule has 3 amide bonds. The average molecular weight is 1740 g/mol. The number of nitrogens with one attached hydrogen (secondary N) is 4. The first-order valence-corrected chi connectivity index (χ1v) is 34.7. The molecule has 0 aliphatic carbocycles. The summed E-state index contributed by atoms with van der Waals surface area (Å²) in [5.41, 5.74) is 3.47. The predicted octanol–water partition coefficient (Wildman–Crippen LogP) is 14.4. The normalized spacial score (nSPS) is 19.9. The van der Waals surface area contributed by atoms with Crippen molar-refractivity contribution in [3.05, 3.63) is 212 Å². The number of nitrogens with two attached hydrogens (primary N) is 2. The van der Waals surface area contributed by atoms with Crippen molar-refractivity contribution in [1.82, 2.24) is 36.6 Å². The van der Waals surface area contributed by atoms with Gasteiger partial charge in [0.25, 0.3) is 5.84 Å². The highest BCUT2D eigenvalue weighted by Gasteiger charge is 2.45. The highest BCUT2D eigenvalue weighted by atomic mass is 35.5. The number of benzene rings is 6. The van der Waals surface area contributed by atoms with Crippen molar-refractivity contribution in [1.29, 1.82) is 0 Å². The van der Waals surface area contributed by atoms with E-state index in [4.69, 9.17) is 51.2 Å². The number of carbonyl (C=O) groups excluding carboxylic acids is 3. The lowest BCUT2D eigenvalue weighted by Gasteiger charge is -2.42. The van der Waals surface area contributed by atoms with Crippen LogP contribution in [0.2, 0.25) is 0 Å². The molecule has 0 saturated carbocycles. The molecule has 0 spiro atoms. The minimum absolute atomic E-state index is 0. The van der Waals surface area contributed by atoms with Gasteiger partial charge < -0.3 is 44.2 Å². The molecule has 1 unspecified atom stereocenters. The number of ether oxygens (including phenoxy) is 7. The number of nitrogens with zero attached hydrogens (tertiary/aromatic N) is 5. The van der Waals surface area contributed by atoms with E-state index in [0.717, 1.165) is 19.1 Å². The molecular formula is C72H75Cl2F21N11O11+. The van der Waals surface area contributed by atoms with Crippen molar-refractivity contribution in [3.63, 3.8) is 0 Å². The second kappa shape index (κ2) is 41.6. The Morgan fingerprint density at radius 2 is 0.949 bits per heavy atom. The van der Waals surface area contributed by atoms with Gasteiger partial charge in [-0.05, 0) is 151 Å². The van der Waals surface area contributed by atoms with Gasteiger partial charge in [0.2, 0.25) is 5.91 Å². The van der Waals surface area contributed by atoms with E-state index in [-0.39, 0.29) is 111 Å². The Morgan fingerprint density at radius 3 is 1.28 bits per heavy atom. The van der Waals surface area contributed by atoms with Crippen molar-refractivity contribution in [3.8, 4) is 0 Å². The lowest BCUT2D eigenvalue weighted by atomic mass is 10.0. The van der Waals surface area contributed by atoms with Crippen LogP contribution in [0.3, 0.4) is 0 Å². The maximum Gasteiger partial charge on any atom is 0.427 e. The van der Waals surface area contributed by atoms with Gasteiger partial charge in [-0.3, -0.25) is 25.2 Å². The first-order chi connectivity index (χ1) is 54.1. The standard InChI is InChI=1S/C24H25F7N4O4.C24H22F7N3O3.C20H18F7NO2.C4H8ClN3O2.ClH/c1-13(16-9-17(23(26,27)28)11-18(10-16)24(29,30)31)39-22-21(15-3-5-19(25)6-4-15)34(7-8-38-22)12-20(32)35(33-37)14(2)36;1-13(15-8-16(23(26,27)28)10-17(9-15)24(29,30)31)37-22-21(14-2-4-18(25)5-3-14)34(6-7-36-22)12-19-11-20(35)33-32-19;1-11(13-8-14(19(22,23)24)10-15(9-13)20(25,26)27)30-18-17(28-6-7-29-18)12-2-4-16(21)5-3-12;1-10-4(9)8-7-3(6)2-5;/h3-6,9-11,13,21-22,32-33,37H,7-8,12H2,1-2H3;2-5,8-10,13,21-22H,6-7,11-12H2,1H3,(H,33,35);2-5,8-11,17-18,28H,6-7H2,1H3;2H2,1H3,(H2,6,7)(H,8,9);1H/p+1/t2*13-,21+,22-;11-,17?,18-;;/m111../s1. The van der Waals surface area contributed by atoms with Crippen molar-refractivity contribution >= 4 is 59.3 Å². The second-order valence-electron chi connectivity index (χ2n) is 25.7. The number of alkyl halides is 19. The van der Waals surface area contributed by atoms with E-state index < -0.39 is 161 Å². The summed E-state index contributed by atoms with van der Waals surface area (Å²) in [5, 5.41) is 26.3. The molecule has 4 aliphatic rings. The van der Waals surface area contributed by atoms with E-state index in [1.807, 2.05) is 10.3 Å². The molecule has 0 aromatic heterocycles. The van der Waals surface area contributed by atoms with Gasteiger partial charge in [0.1, 0.15) is 29.8 Å². The molecule has 9 N–H and O–H groups in total. The fraction of sp³-hybridized carbons (Fsp3) is 0.417. The van der Waals surface area contributed by atoms with Crippen LogP contribution in [0.5, 0.6) is 0 Å². The number of hydrazone groups is 2. The third-order valence-electron chi connectivity index (χ3n) is 17.3. The number of carbonyl (C=O) groups is 3. The molecule has 45 heteroatoms. The van der Waals surface area contributed by atoms with Crippen molar-refractivity contribution in [2.24, 2.45) is 15.9 Å². The Morgan fingerprint density at radius 1 is 0.598 bits per heavy atom.